The molecule has 2 aromatic rings. The molecule has 1 aromatic heterocycles. The predicted octanol–water partition coefficient (Wildman–Crippen LogP) is 1.66. The zero-order chi connectivity index (χ0) is 11.4. The lowest BCUT2D eigenvalue weighted by atomic mass is 10.1. The molecule has 0 fully saturated rings. The van der Waals surface area contributed by atoms with E-state index in [1.54, 1.807) is 24.3 Å². The molecule has 0 saturated heterocycles. The highest BCUT2D eigenvalue weighted by molar-refractivity contribution is 7.13. The second kappa shape index (κ2) is 4.51. The van der Waals surface area contributed by atoms with Crippen molar-refractivity contribution in [3.05, 3.63) is 40.9 Å². The Kier molecular flexibility index (Phi) is 2.89. The summed E-state index contributed by atoms with van der Waals surface area (Å²) in [5, 5.41) is 19.0. The van der Waals surface area contributed by atoms with E-state index in [1.165, 1.54) is 16.8 Å². The van der Waals surface area contributed by atoms with E-state index in [4.69, 9.17) is 5.26 Å². The number of nitriles is 1. The first-order valence-corrected chi connectivity index (χ1v) is 5.25. The first-order valence-electron chi connectivity index (χ1n) is 4.37. The van der Waals surface area contributed by atoms with E-state index < -0.39 is 0 Å². The van der Waals surface area contributed by atoms with Crippen molar-refractivity contribution in [3.8, 4) is 6.07 Å². The number of carbonyl (C=O) groups is 1. The predicted molar refractivity (Wildman–Crippen MR) is 59.0 cm³/mol. The molecule has 1 N–H and O–H groups in total. The van der Waals surface area contributed by atoms with Crippen LogP contribution in [0.2, 0.25) is 0 Å². The van der Waals surface area contributed by atoms with Gasteiger partial charge in [-0.25, -0.2) is 0 Å². The molecule has 1 aromatic carbocycles. The zero-order valence-electron chi connectivity index (χ0n) is 8.04. The third kappa shape index (κ3) is 2.21. The number of hydrogen-bond acceptors (Lipinski definition) is 5. The van der Waals surface area contributed by atoms with Gasteiger partial charge in [0, 0.05) is 5.56 Å². The number of amides is 1. The molecule has 2 rings (SSSR count). The summed E-state index contributed by atoms with van der Waals surface area (Å²) in [7, 11) is 0. The largest absolute Gasteiger partial charge is 0.296 e. The minimum atomic E-state index is -0.263. The molecular weight excluding hydrogens is 224 g/mol. The van der Waals surface area contributed by atoms with Crippen LogP contribution in [0.5, 0.6) is 0 Å². The number of hydrogen-bond donors (Lipinski definition) is 1. The van der Waals surface area contributed by atoms with Crippen LogP contribution in [0.3, 0.4) is 0 Å². The first kappa shape index (κ1) is 10.3. The Morgan fingerprint density at radius 3 is 2.69 bits per heavy atom. The smallest absolute Gasteiger partial charge is 0.257 e. The van der Waals surface area contributed by atoms with Crippen molar-refractivity contribution in [1.29, 1.82) is 5.26 Å². The summed E-state index contributed by atoms with van der Waals surface area (Å²) in [4.78, 5) is 11.7. The van der Waals surface area contributed by atoms with E-state index in [2.05, 4.69) is 15.5 Å². The number of nitrogens with one attached hydrogen (secondary N) is 1. The van der Waals surface area contributed by atoms with Crippen molar-refractivity contribution in [2.75, 3.05) is 5.32 Å². The van der Waals surface area contributed by atoms with Crippen molar-refractivity contribution in [1.82, 2.24) is 10.2 Å². The Labute approximate surface area is 95.4 Å². The molecule has 0 aliphatic heterocycles. The summed E-state index contributed by atoms with van der Waals surface area (Å²) in [6, 6.07) is 8.36. The van der Waals surface area contributed by atoms with Crippen molar-refractivity contribution in [2.24, 2.45) is 0 Å². The summed E-state index contributed by atoms with van der Waals surface area (Å²) in [6.07, 6.45) is 0. The number of benzene rings is 1. The van der Waals surface area contributed by atoms with Crippen LogP contribution in [-0.4, -0.2) is 16.1 Å². The Morgan fingerprint density at radius 2 is 2.12 bits per heavy atom. The molecule has 0 aliphatic carbocycles. The lowest BCUT2D eigenvalue weighted by Crippen LogP contribution is -2.11. The van der Waals surface area contributed by atoms with Crippen LogP contribution in [0.25, 0.3) is 0 Å². The molecule has 78 valence electrons. The van der Waals surface area contributed by atoms with Gasteiger partial charge < -0.3 is 0 Å². The average Bonchev–Trinajstić information content (AvgIpc) is 2.82. The van der Waals surface area contributed by atoms with Crippen molar-refractivity contribution < 1.29 is 4.79 Å². The van der Waals surface area contributed by atoms with E-state index in [0.717, 1.165) is 0 Å². The lowest BCUT2D eigenvalue weighted by Gasteiger charge is -2.00. The van der Waals surface area contributed by atoms with E-state index in [0.29, 0.717) is 16.3 Å². The van der Waals surface area contributed by atoms with E-state index in [9.17, 15) is 4.79 Å². The quantitative estimate of drug-likeness (QED) is 0.850. The molecule has 1 heterocycles. The summed E-state index contributed by atoms with van der Waals surface area (Å²) in [6.45, 7) is 0. The molecule has 0 spiro atoms. The Bertz CT molecular complexity index is 527. The van der Waals surface area contributed by atoms with Gasteiger partial charge in [0.1, 0.15) is 5.51 Å². The van der Waals surface area contributed by atoms with Crippen LogP contribution >= 0.6 is 11.3 Å². The number of aromatic nitrogens is 2. The molecule has 0 unspecified atom stereocenters. The van der Waals surface area contributed by atoms with Gasteiger partial charge >= 0.3 is 0 Å². The molecule has 1 amide bonds. The third-order valence-electron chi connectivity index (χ3n) is 1.86. The number of rotatable bonds is 2. The van der Waals surface area contributed by atoms with Crippen molar-refractivity contribution in [2.45, 2.75) is 0 Å². The van der Waals surface area contributed by atoms with Crippen LogP contribution in [-0.2, 0) is 0 Å². The molecule has 0 aliphatic rings. The highest BCUT2D eigenvalue weighted by atomic mass is 32.1. The van der Waals surface area contributed by atoms with Crippen molar-refractivity contribution in [3.63, 3.8) is 0 Å². The maximum atomic E-state index is 11.7. The topological polar surface area (TPSA) is 78.7 Å². The number of nitrogens with zero attached hydrogens (tertiary/aromatic N) is 3. The van der Waals surface area contributed by atoms with Crippen LogP contribution in [0.1, 0.15) is 15.9 Å². The van der Waals surface area contributed by atoms with Gasteiger partial charge in [0.15, 0.2) is 0 Å². The van der Waals surface area contributed by atoms with E-state index in [-0.39, 0.29) is 5.91 Å². The molecule has 0 radical (unpaired) electrons. The van der Waals surface area contributed by atoms with Gasteiger partial charge in [0.05, 0.1) is 11.6 Å². The molecule has 16 heavy (non-hydrogen) atoms. The van der Waals surface area contributed by atoms with Gasteiger partial charge in [-0.3, -0.25) is 10.1 Å². The summed E-state index contributed by atoms with van der Waals surface area (Å²) in [5.41, 5.74) is 2.54. The highest BCUT2D eigenvalue weighted by Gasteiger charge is 2.07. The molecule has 0 bridgehead atoms. The SMILES string of the molecule is N#Cc1ccc(C(=O)Nc2nncs2)cc1. The van der Waals surface area contributed by atoms with Crippen LogP contribution < -0.4 is 5.32 Å². The van der Waals surface area contributed by atoms with Crippen LogP contribution in [0.15, 0.2) is 29.8 Å². The molecular formula is C10H6N4OS. The first-order chi connectivity index (χ1) is 7.79. The second-order valence-electron chi connectivity index (χ2n) is 2.89. The molecule has 0 saturated carbocycles. The van der Waals surface area contributed by atoms with Gasteiger partial charge in [-0.15, -0.1) is 10.2 Å². The number of anilines is 1. The molecule has 5 nitrogen and oxygen atoms in total. The Morgan fingerprint density at radius 1 is 1.38 bits per heavy atom. The standard InChI is InChI=1S/C10H6N4OS/c11-5-7-1-3-8(4-2-7)9(15)13-10-14-12-6-16-10/h1-4,6H,(H,13,14,15). The van der Waals surface area contributed by atoms with Crippen molar-refractivity contribution >= 4 is 22.4 Å². The Balaban J connectivity index is 2.12. The fraction of sp³-hybridized carbons (Fsp3) is 0. The summed E-state index contributed by atoms with van der Waals surface area (Å²) in [5.74, 6) is -0.263. The van der Waals surface area contributed by atoms with Gasteiger partial charge in [-0.05, 0) is 24.3 Å². The maximum absolute atomic E-state index is 11.7. The normalized spacial score (nSPS) is 9.44. The van der Waals surface area contributed by atoms with E-state index >= 15 is 0 Å². The highest BCUT2D eigenvalue weighted by Crippen LogP contribution is 2.11. The lowest BCUT2D eigenvalue weighted by molar-refractivity contribution is 0.102. The van der Waals surface area contributed by atoms with Crippen LogP contribution in [0, 0.1) is 11.3 Å². The summed E-state index contributed by atoms with van der Waals surface area (Å²) < 4.78 is 0. The molecule has 0 atom stereocenters. The number of carbonyl (C=O) groups excluding carboxylic acids is 1. The monoisotopic (exact) mass is 230 g/mol. The van der Waals surface area contributed by atoms with Gasteiger partial charge in [0.2, 0.25) is 5.13 Å². The average molecular weight is 230 g/mol. The zero-order valence-corrected chi connectivity index (χ0v) is 8.86. The minimum absolute atomic E-state index is 0.263. The van der Waals surface area contributed by atoms with E-state index in [1.807, 2.05) is 6.07 Å². The van der Waals surface area contributed by atoms with Crippen LogP contribution in [0.4, 0.5) is 5.13 Å². The fourth-order valence-electron chi connectivity index (χ4n) is 1.09. The summed E-state index contributed by atoms with van der Waals surface area (Å²) >= 11 is 1.25. The van der Waals surface area contributed by atoms with Gasteiger partial charge in [-0.1, -0.05) is 11.3 Å². The Hall–Kier alpha value is -2.26. The molecule has 6 heteroatoms. The van der Waals surface area contributed by atoms with Gasteiger partial charge in [0.25, 0.3) is 5.91 Å². The van der Waals surface area contributed by atoms with Gasteiger partial charge in [-0.2, -0.15) is 5.26 Å². The maximum Gasteiger partial charge on any atom is 0.257 e. The fourth-order valence-corrected chi connectivity index (χ4v) is 1.53. The third-order valence-corrected chi connectivity index (χ3v) is 2.46. The minimum Gasteiger partial charge on any atom is -0.296 e. The second-order valence-corrected chi connectivity index (χ2v) is 3.72.